The molecule has 1 N–H and O–H groups in total. The van der Waals surface area contributed by atoms with E-state index in [2.05, 4.69) is 0 Å². The molecule has 1 aliphatic heterocycles. The van der Waals surface area contributed by atoms with Gasteiger partial charge in [-0.3, -0.25) is 4.79 Å². The Bertz CT molecular complexity index is 804. The van der Waals surface area contributed by atoms with Gasteiger partial charge in [-0.05, 0) is 55.4 Å². The zero-order chi connectivity index (χ0) is 19.4. The van der Waals surface area contributed by atoms with Crippen LogP contribution in [0.1, 0.15) is 40.7 Å². The van der Waals surface area contributed by atoms with Crippen LogP contribution in [0.4, 0.5) is 13.2 Å². The molecule has 0 radical (unpaired) electrons. The summed E-state index contributed by atoms with van der Waals surface area (Å²) in [5, 5.41) is 9.88. The number of rotatable bonds is 4. The summed E-state index contributed by atoms with van der Waals surface area (Å²) >= 11 is 0. The quantitative estimate of drug-likeness (QED) is 0.824. The number of phenols is 1. The predicted octanol–water partition coefficient (Wildman–Crippen LogP) is 4.90. The first-order valence-corrected chi connectivity index (χ1v) is 9.08. The van der Waals surface area contributed by atoms with Gasteiger partial charge in [-0.1, -0.05) is 30.3 Å². The minimum absolute atomic E-state index is 0.0521. The van der Waals surface area contributed by atoms with Crippen molar-refractivity contribution in [2.45, 2.75) is 31.9 Å². The SMILES string of the molecule is O=C(c1ccccc1O)N1CCCC(CCc2ccccc2C(F)(F)F)C1. The van der Waals surface area contributed by atoms with E-state index in [1.807, 2.05) is 0 Å². The first-order valence-electron chi connectivity index (χ1n) is 9.08. The third kappa shape index (κ3) is 4.62. The minimum Gasteiger partial charge on any atom is -0.507 e. The van der Waals surface area contributed by atoms with Crippen molar-refractivity contribution in [1.29, 1.82) is 0 Å². The van der Waals surface area contributed by atoms with Crippen molar-refractivity contribution < 1.29 is 23.1 Å². The van der Waals surface area contributed by atoms with Crippen LogP contribution in [0.25, 0.3) is 0 Å². The average Bonchev–Trinajstić information content (AvgIpc) is 2.66. The topological polar surface area (TPSA) is 40.5 Å². The number of piperidine rings is 1. The fourth-order valence-corrected chi connectivity index (χ4v) is 3.68. The third-order valence-electron chi connectivity index (χ3n) is 5.09. The normalized spacial score (nSPS) is 17.7. The van der Waals surface area contributed by atoms with Gasteiger partial charge in [-0.25, -0.2) is 0 Å². The molecule has 1 amide bonds. The number of hydrogen-bond acceptors (Lipinski definition) is 2. The highest BCUT2D eigenvalue weighted by Crippen LogP contribution is 2.33. The highest BCUT2D eigenvalue weighted by atomic mass is 19.4. The molecule has 0 spiro atoms. The number of nitrogens with zero attached hydrogens (tertiary/aromatic N) is 1. The average molecular weight is 377 g/mol. The van der Waals surface area contributed by atoms with Gasteiger partial charge in [-0.15, -0.1) is 0 Å². The molecule has 3 rings (SSSR count). The number of carbonyl (C=O) groups is 1. The second-order valence-corrected chi connectivity index (χ2v) is 6.97. The number of amides is 1. The molecular formula is C21H22F3NO2. The molecule has 1 unspecified atom stereocenters. The van der Waals surface area contributed by atoms with E-state index in [1.165, 1.54) is 18.2 Å². The molecule has 2 aromatic rings. The van der Waals surface area contributed by atoms with Crippen molar-refractivity contribution in [2.75, 3.05) is 13.1 Å². The number of para-hydroxylation sites is 1. The van der Waals surface area contributed by atoms with E-state index in [0.717, 1.165) is 18.9 Å². The highest BCUT2D eigenvalue weighted by Gasteiger charge is 2.33. The lowest BCUT2D eigenvalue weighted by Crippen LogP contribution is -2.40. The Kier molecular flexibility index (Phi) is 5.73. The number of alkyl halides is 3. The van der Waals surface area contributed by atoms with Crippen LogP contribution in [0.5, 0.6) is 5.75 Å². The van der Waals surface area contributed by atoms with Crippen LogP contribution in [0.15, 0.2) is 48.5 Å². The Hall–Kier alpha value is -2.50. The number of likely N-dealkylation sites (tertiary alicyclic amines) is 1. The van der Waals surface area contributed by atoms with Gasteiger partial charge >= 0.3 is 6.18 Å². The van der Waals surface area contributed by atoms with E-state index < -0.39 is 11.7 Å². The lowest BCUT2D eigenvalue weighted by molar-refractivity contribution is -0.138. The molecule has 0 bridgehead atoms. The molecule has 1 atom stereocenters. The maximum absolute atomic E-state index is 13.1. The zero-order valence-electron chi connectivity index (χ0n) is 14.9. The molecule has 0 aliphatic carbocycles. The van der Waals surface area contributed by atoms with Crippen LogP contribution in [-0.2, 0) is 12.6 Å². The standard InChI is InChI=1S/C21H22F3NO2/c22-21(23,24)18-9-3-1-7-16(18)12-11-15-6-5-13-25(14-15)20(27)17-8-2-4-10-19(17)26/h1-4,7-10,15,26H,5-6,11-14H2. The summed E-state index contributed by atoms with van der Waals surface area (Å²) in [7, 11) is 0. The van der Waals surface area contributed by atoms with Crippen molar-refractivity contribution in [1.82, 2.24) is 4.90 Å². The predicted molar refractivity (Wildman–Crippen MR) is 96.5 cm³/mol. The first kappa shape index (κ1) is 19.3. The molecule has 1 aliphatic rings. The molecule has 144 valence electrons. The molecule has 2 aromatic carbocycles. The summed E-state index contributed by atoms with van der Waals surface area (Å²) in [5.74, 6) is -0.132. The maximum Gasteiger partial charge on any atom is 0.416 e. The van der Waals surface area contributed by atoms with E-state index in [4.69, 9.17) is 0 Å². The lowest BCUT2D eigenvalue weighted by atomic mass is 9.90. The maximum atomic E-state index is 13.1. The van der Waals surface area contributed by atoms with Gasteiger partial charge < -0.3 is 10.0 Å². The van der Waals surface area contributed by atoms with E-state index in [9.17, 15) is 23.1 Å². The van der Waals surface area contributed by atoms with Gasteiger partial charge in [0.2, 0.25) is 0 Å². The molecule has 3 nitrogen and oxygen atoms in total. The fraction of sp³-hybridized carbons (Fsp3) is 0.381. The molecule has 1 fully saturated rings. The number of hydrogen-bond donors (Lipinski definition) is 1. The fourth-order valence-electron chi connectivity index (χ4n) is 3.68. The van der Waals surface area contributed by atoms with Crippen LogP contribution in [0, 0.1) is 5.92 Å². The molecule has 27 heavy (non-hydrogen) atoms. The second-order valence-electron chi connectivity index (χ2n) is 6.97. The number of benzene rings is 2. The van der Waals surface area contributed by atoms with E-state index in [1.54, 1.807) is 29.2 Å². The molecule has 0 saturated carbocycles. The van der Waals surface area contributed by atoms with Gasteiger partial charge in [0.1, 0.15) is 5.75 Å². The summed E-state index contributed by atoms with van der Waals surface area (Å²) in [6.07, 6.45) is -1.73. The number of halogens is 3. The summed E-state index contributed by atoms with van der Waals surface area (Å²) in [6, 6.07) is 12.1. The Morgan fingerprint density at radius 2 is 1.81 bits per heavy atom. The Morgan fingerprint density at radius 3 is 2.56 bits per heavy atom. The molecule has 1 heterocycles. The van der Waals surface area contributed by atoms with E-state index in [0.29, 0.717) is 31.5 Å². The first-order chi connectivity index (χ1) is 12.9. The highest BCUT2D eigenvalue weighted by molar-refractivity contribution is 5.96. The zero-order valence-corrected chi connectivity index (χ0v) is 14.9. The third-order valence-corrected chi connectivity index (χ3v) is 5.09. The van der Waals surface area contributed by atoms with Crippen molar-refractivity contribution >= 4 is 5.91 Å². The monoisotopic (exact) mass is 377 g/mol. The van der Waals surface area contributed by atoms with Crippen LogP contribution in [0.2, 0.25) is 0 Å². The van der Waals surface area contributed by atoms with Gasteiger partial charge in [0.15, 0.2) is 0 Å². The van der Waals surface area contributed by atoms with Gasteiger partial charge in [0.05, 0.1) is 11.1 Å². The van der Waals surface area contributed by atoms with Crippen molar-refractivity contribution in [3.63, 3.8) is 0 Å². The minimum atomic E-state index is -4.35. The van der Waals surface area contributed by atoms with E-state index >= 15 is 0 Å². The molecule has 6 heteroatoms. The Labute approximate surface area is 156 Å². The molecule has 1 saturated heterocycles. The summed E-state index contributed by atoms with van der Waals surface area (Å²) in [6.45, 7) is 1.10. The second kappa shape index (κ2) is 8.03. The van der Waals surface area contributed by atoms with Gasteiger partial charge in [0.25, 0.3) is 5.91 Å². The van der Waals surface area contributed by atoms with Crippen LogP contribution in [-0.4, -0.2) is 29.0 Å². The summed E-state index contributed by atoms with van der Waals surface area (Å²) in [4.78, 5) is 14.3. The van der Waals surface area contributed by atoms with Crippen LogP contribution >= 0.6 is 0 Å². The van der Waals surface area contributed by atoms with Gasteiger partial charge in [0, 0.05) is 13.1 Å². The number of carbonyl (C=O) groups excluding carboxylic acids is 1. The summed E-state index contributed by atoms with van der Waals surface area (Å²) < 4.78 is 39.4. The smallest absolute Gasteiger partial charge is 0.416 e. The molecular weight excluding hydrogens is 355 g/mol. The van der Waals surface area contributed by atoms with Crippen molar-refractivity contribution in [3.8, 4) is 5.75 Å². The number of aryl methyl sites for hydroxylation is 1. The molecule has 0 aromatic heterocycles. The number of phenolic OH excluding ortho intramolecular Hbond substituents is 1. The lowest BCUT2D eigenvalue weighted by Gasteiger charge is -2.33. The Morgan fingerprint density at radius 1 is 1.11 bits per heavy atom. The van der Waals surface area contributed by atoms with Gasteiger partial charge in [-0.2, -0.15) is 13.2 Å². The Balaban J connectivity index is 1.65. The largest absolute Gasteiger partial charge is 0.507 e. The van der Waals surface area contributed by atoms with Crippen molar-refractivity contribution in [3.05, 3.63) is 65.2 Å². The number of aromatic hydroxyl groups is 1. The van der Waals surface area contributed by atoms with Crippen LogP contribution in [0.3, 0.4) is 0 Å². The van der Waals surface area contributed by atoms with E-state index in [-0.39, 0.29) is 23.1 Å². The van der Waals surface area contributed by atoms with Crippen LogP contribution < -0.4 is 0 Å². The van der Waals surface area contributed by atoms with Crippen molar-refractivity contribution in [2.24, 2.45) is 5.92 Å². The summed E-state index contributed by atoms with van der Waals surface area (Å²) in [5.41, 5.74) is -0.0160.